The Balaban J connectivity index is 2.61. The third kappa shape index (κ3) is 3.36. The number of alkyl halides is 2. The van der Waals surface area contributed by atoms with E-state index in [0.717, 1.165) is 0 Å². The Labute approximate surface area is 86.7 Å². The Kier molecular flexibility index (Phi) is 4.30. The van der Waals surface area contributed by atoms with Crippen molar-refractivity contribution in [3.63, 3.8) is 0 Å². The molecule has 0 spiro atoms. The number of phenols is 1. The van der Waals surface area contributed by atoms with E-state index in [1.54, 1.807) is 18.2 Å². The van der Waals surface area contributed by atoms with Crippen LogP contribution in [0.15, 0.2) is 18.2 Å². The van der Waals surface area contributed by atoms with Gasteiger partial charge in [-0.25, -0.2) is 8.78 Å². The SMILES string of the molecule is COc1cccc(CNCC(F)F)c1O. The van der Waals surface area contributed by atoms with Gasteiger partial charge in [-0.1, -0.05) is 12.1 Å². The summed E-state index contributed by atoms with van der Waals surface area (Å²) in [6.07, 6.45) is -2.39. The second-order valence-corrected chi connectivity index (χ2v) is 2.99. The average Bonchev–Trinajstić information content (AvgIpc) is 2.20. The molecule has 0 atom stereocenters. The van der Waals surface area contributed by atoms with Crippen LogP contribution >= 0.6 is 0 Å². The summed E-state index contributed by atoms with van der Waals surface area (Å²) in [4.78, 5) is 0. The molecule has 1 aromatic rings. The molecule has 5 heteroatoms. The van der Waals surface area contributed by atoms with Crippen LogP contribution in [0.3, 0.4) is 0 Å². The standard InChI is InChI=1S/C10H13F2NO2/c1-15-8-4-2-3-7(10(8)14)5-13-6-9(11)12/h2-4,9,13-14H,5-6H2,1H3. The van der Waals surface area contributed by atoms with Crippen LogP contribution in [0.1, 0.15) is 5.56 Å². The lowest BCUT2D eigenvalue weighted by Crippen LogP contribution is -2.20. The highest BCUT2D eigenvalue weighted by Gasteiger charge is 2.07. The average molecular weight is 217 g/mol. The van der Waals surface area contributed by atoms with Crippen LogP contribution in [0.25, 0.3) is 0 Å². The van der Waals surface area contributed by atoms with E-state index in [0.29, 0.717) is 11.3 Å². The van der Waals surface area contributed by atoms with Crippen molar-refractivity contribution in [2.45, 2.75) is 13.0 Å². The molecular formula is C10H13F2NO2. The molecule has 0 aromatic heterocycles. The summed E-state index contributed by atoms with van der Waals surface area (Å²) in [5.41, 5.74) is 0.537. The van der Waals surface area contributed by atoms with Gasteiger partial charge < -0.3 is 15.2 Å². The molecule has 84 valence electrons. The minimum absolute atomic E-state index is 0.0123. The number of para-hydroxylation sites is 1. The monoisotopic (exact) mass is 217 g/mol. The summed E-state index contributed by atoms with van der Waals surface area (Å²) in [6.45, 7) is -0.204. The van der Waals surface area contributed by atoms with Crippen molar-refractivity contribution in [1.29, 1.82) is 0 Å². The van der Waals surface area contributed by atoms with Gasteiger partial charge in [0.05, 0.1) is 13.7 Å². The molecule has 0 saturated carbocycles. The first-order valence-corrected chi connectivity index (χ1v) is 4.49. The van der Waals surface area contributed by atoms with Crippen molar-refractivity contribution in [1.82, 2.24) is 5.32 Å². The summed E-state index contributed by atoms with van der Waals surface area (Å²) in [6, 6.07) is 4.94. The van der Waals surface area contributed by atoms with Crippen LogP contribution in [0, 0.1) is 0 Å². The predicted octanol–water partition coefficient (Wildman–Crippen LogP) is 1.76. The van der Waals surface area contributed by atoms with Crippen LogP contribution in [-0.4, -0.2) is 25.2 Å². The first-order chi connectivity index (χ1) is 7.15. The lowest BCUT2D eigenvalue weighted by molar-refractivity contribution is 0.145. The molecule has 0 heterocycles. The minimum Gasteiger partial charge on any atom is -0.504 e. The second kappa shape index (κ2) is 5.50. The highest BCUT2D eigenvalue weighted by atomic mass is 19.3. The van der Waals surface area contributed by atoms with Gasteiger partial charge in [0.15, 0.2) is 11.5 Å². The van der Waals surface area contributed by atoms with Crippen LogP contribution in [0.5, 0.6) is 11.5 Å². The lowest BCUT2D eigenvalue weighted by atomic mass is 10.2. The maximum Gasteiger partial charge on any atom is 0.250 e. The van der Waals surface area contributed by atoms with Crippen molar-refractivity contribution >= 4 is 0 Å². The molecule has 0 unspecified atom stereocenters. The van der Waals surface area contributed by atoms with Crippen LogP contribution in [0.4, 0.5) is 8.78 Å². The fraction of sp³-hybridized carbons (Fsp3) is 0.400. The molecule has 0 amide bonds. The molecule has 3 nitrogen and oxygen atoms in total. The van der Waals surface area contributed by atoms with Gasteiger partial charge in [0.2, 0.25) is 0 Å². The van der Waals surface area contributed by atoms with E-state index in [1.165, 1.54) is 7.11 Å². The molecule has 0 aliphatic rings. The maximum absolute atomic E-state index is 11.8. The summed E-state index contributed by atoms with van der Waals surface area (Å²) < 4.78 is 28.6. The fourth-order valence-electron chi connectivity index (χ4n) is 1.19. The van der Waals surface area contributed by atoms with Crippen molar-refractivity contribution < 1.29 is 18.6 Å². The van der Waals surface area contributed by atoms with Gasteiger partial charge >= 0.3 is 0 Å². The second-order valence-electron chi connectivity index (χ2n) is 2.99. The van der Waals surface area contributed by atoms with Gasteiger partial charge in [0.1, 0.15) is 0 Å². The largest absolute Gasteiger partial charge is 0.504 e. The Morgan fingerprint density at radius 2 is 2.20 bits per heavy atom. The highest BCUT2D eigenvalue weighted by molar-refractivity contribution is 5.45. The Hall–Kier alpha value is -1.36. The molecule has 0 fully saturated rings. The van der Waals surface area contributed by atoms with Gasteiger partial charge in [-0.05, 0) is 6.07 Å². The molecule has 0 saturated heterocycles. The minimum atomic E-state index is -2.39. The van der Waals surface area contributed by atoms with E-state index < -0.39 is 13.0 Å². The fourth-order valence-corrected chi connectivity index (χ4v) is 1.19. The lowest BCUT2D eigenvalue weighted by Gasteiger charge is -2.09. The Morgan fingerprint density at radius 1 is 1.47 bits per heavy atom. The van der Waals surface area contributed by atoms with Crippen LogP contribution < -0.4 is 10.1 Å². The number of hydrogen-bond acceptors (Lipinski definition) is 3. The topological polar surface area (TPSA) is 41.5 Å². The van der Waals surface area contributed by atoms with Gasteiger partial charge in [-0.3, -0.25) is 0 Å². The number of ether oxygens (including phenoxy) is 1. The molecule has 1 rings (SSSR count). The number of phenolic OH excluding ortho intramolecular Hbond substituents is 1. The van der Waals surface area contributed by atoms with Crippen molar-refractivity contribution in [3.05, 3.63) is 23.8 Å². The Bertz CT molecular complexity index is 318. The molecule has 0 bridgehead atoms. The maximum atomic E-state index is 11.8. The first-order valence-electron chi connectivity index (χ1n) is 4.49. The van der Waals surface area contributed by atoms with E-state index in [2.05, 4.69) is 5.32 Å². The third-order valence-corrected chi connectivity index (χ3v) is 1.92. The van der Waals surface area contributed by atoms with E-state index in [1.807, 2.05) is 0 Å². The van der Waals surface area contributed by atoms with E-state index in [4.69, 9.17) is 4.74 Å². The van der Waals surface area contributed by atoms with E-state index >= 15 is 0 Å². The molecule has 0 aliphatic carbocycles. The molecule has 0 aliphatic heterocycles. The molecule has 1 aromatic carbocycles. The molecule has 2 N–H and O–H groups in total. The summed E-state index contributed by atoms with van der Waals surface area (Å²) in [5.74, 6) is 0.327. The van der Waals surface area contributed by atoms with Gasteiger partial charge in [0, 0.05) is 12.1 Å². The summed E-state index contributed by atoms with van der Waals surface area (Å²) in [5, 5.41) is 12.1. The van der Waals surface area contributed by atoms with Gasteiger partial charge in [-0.2, -0.15) is 0 Å². The number of hydrogen-bond donors (Lipinski definition) is 2. The number of aromatic hydroxyl groups is 1. The third-order valence-electron chi connectivity index (χ3n) is 1.92. The highest BCUT2D eigenvalue weighted by Crippen LogP contribution is 2.28. The number of methoxy groups -OCH3 is 1. The number of benzene rings is 1. The van der Waals surface area contributed by atoms with E-state index in [-0.39, 0.29) is 12.3 Å². The van der Waals surface area contributed by atoms with E-state index in [9.17, 15) is 13.9 Å². The summed E-state index contributed by atoms with van der Waals surface area (Å²) >= 11 is 0. The zero-order valence-corrected chi connectivity index (χ0v) is 8.34. The van der Waals surface area contributed by atoms with Gasteiger partial charge in [-0.15, -0.1) is 0 Å². The first kappa shape index (κ1) is 11.7. The number of halogens is 2. The van der Waals surface area contributed by atoms with Crippen LogP contribution in [-0.2, 0) is 6.54 Å². The quantitative estimate of drug-likeness (QED) is 0.789. The smallest absolute Gasteiger partial charge is 0.250 e. The normalized spacial score (nSPS) is 10.7. The number of nitrogens with one attached hydrogen (secondary N) is 1. The van der Waals surface area contributed by atoms with Gasteiger partial charge in [0.25, 0.3) is 6.43 Å². The zero-order chi connectivity index (χ0) is 11.3. The summed E-state index contributed by atoms with van der Waals surface area (Å²) in [7, 11) is 1.44. The number of rotatable bonds is 5. The van der Waals surface area contributed by atoms with Crippen LogP contribution in [0.2, 0.25) is 0 Å². The molecular weight excluding hydrogens is 204 g/mol. The Morgan fingerprint density at radius 3 is 2.80 bits per heavy atom. The molecule has 15 heavy (non-hydrogen) atoms. The van der Waals surface area contributed by atoms with Crippen molar-refractivity contribution in [2.24, 2.45) is 0 Å². The zero-order valence-electron chi connectivity index (χ0n) is 8.34. The molecule has 0 radical (unpaired) electrons. The predicted molar refractivity (Wildman–Crippen MR) is 52.4 cm³/mol. The van der Waals surface area contributed by atoms with Crippen molar-refractivity contribution in [2.75, 3.05) is 13.7 Å². The van der Waals surface area contributed by atoms with Crippen molar-refractivity contribution in [3.8, 4) is 11.5 Å².